The minimum Gasteiger partial charge on any atom is -0.454 e. The van der Waals surface area contributed by atoms with Gasteiger partial charge in [0.15, 0.2) is 11.9 Å². The van der Waals surface area contributed by atoms with Gasteiger partial charge in [0.1, 0.15) is 0 Å². The van der Waals surface area contributed by atoms with Crippen molar-refractivity contribution in [1.82, 2.24) is 9.55 Å². The molecule has 3 aromatic rings. The molecule has 0 aliphatic rings. The van der Waals surface area contributed by atoms with E-state index in [0.717, 1.165) is 10.1 Å². The van der Waals surface area contributed by atoms with Gasteiger partial charge in [-0.25, -0.2) is 4.98 Å². The Bertz CT molecular complexity index is 894. The molecule has 2 aromatic carbocycles. The molecule has 0 radical (unpaired) electrons. The van der Waals surface area contributed by atoms with Crippen molar-refractivity contribution in [1.29, 1.82) is 0 Å². The van der Waals surface area contributed by atoms with Gasteiger partial charge < -0.3 is 4.74 Å². The fourth-order valence-corrected chi connectivity index (χ4v) is 2.74. The van der Waals surface area contributed by atoms with Gasteiger partial charge in [0.2, 0.25) is 0 Å². The van der Waals surface area contributed by atoms with Gasteiger partial charge in [-0.2, -0.15) is 8.78 Å². The largest absolute Gasteiger partial charge is 0.454 e. The van der Waals surface area contributed by atoms with Crippen molar-refractivity contribution in [3.05, 3.63) is 64.9 Å². The van der Waals surface area contributed by atoms with Gasteiger partial charge in [0.05, 0.1) is 17.5 Å². The Balaban J connectivity index is 1.79. The number of imidazole rings is 1. The van der Waals surface area contributed by atoms with Crippen molar-refractivity contribution in [2.75, 3.05) is 0 Å². The first-order chi connectivity index (χ1) is 12.0. The van der Waals surface area contributed by atoms with Gasteiger partial charge in [-0.1, -0.05) is 35.9 Å². The second-order valence-corrected chi connectivity index (χ2v) is 5.98. The zero-order valence-electron chi connectivity index (χ0n) is 13.3. The number of halogens is 3. The number of ether oxygens (including phenoxy) is 1. The highest BCUT2D eigenvalue weighted by Gasteiger charge is 2.24. The van der Waals surface area contributed by atoms with Gasteiger partial charge in [-0.3, -0.25) is 9.36 Å². The summed E-state index contributed by atoms with van der Waals surface area (Å²) in [6, 6.07) is 13.3. The molecule has 1 aromatic heterocycles. The Hall–Kier alpha value is -2.47. The molecule has 3 rings (SSSR count). The molecule has 1 heterocycles. The van der Waals surface area contributed by atoms with Crippen LogP contribution in [0.15, 0.2) is 48.5 Å². The average Bonchev–Trinajstić information content (AvgIpc) is 2.96. The van der Waals surface area contributed by atoms with E-state index in [2.05, 4.69) is 4.98 Å². The molecule has 0 saturated heterocycles. The van der Waals surface area contributed by atoms with E-state index in [1.807, 2.05) is 0 Å². The molecule has 0 aliphatic carbocycles. The van der Waals surface area contributed by atoms with Crippen LogP contribution in [0.2, 0.25) is 5.02 Å². The predicted octanol–water partition coefficient (Wildman–Crippen LogP) is 4.93. The van der Waals surface area contributed by atoms with E-state index in [1.165, 1.54) is 6.92 Å². The third-order valence-electron chi connectivity index (χ3n) is 3.75. The minimum absolute atomic E-state index is 0.0145. The Morgan fingerprint density at radius 2 is 1.88 bits per heavy atom. The van der Waals surface area contributed by atoms with Gasteiger partial charge >= 0.3 is 12.5 Å². The number of carbonyl (C=O) groups excluding carboxylic acids is 1. The average molecular weight is 365 g/mol. The molecule has 0 spiro atoms. The molecule has 0 saturated carbocycles. The zero-order valence-corrected chi connectivity index (χ0v) is 14.1. The Labute approximate surface area is 148 Å². The van der Waals surface area contributed by atoms with Crippen molar-refractivity contribution < 1.29 is 18.3 Å². The van der Waals surface area contributed by atoms with Crippen molar-refractivity contribution in [3.63, 3.8) is 0 Å². The van der Waals surface area contributed by atoms with Crippen molar-refractivity contribution in [3.8, 4) is 0 Å². The summed E-state index contributed by atoms with van der Waals surface area (Å²) in [5.41, 5.74) is 1.45. The number of aromatic nitrogens is 2. The van der Waals surface area contributed by atoms with E-state index >= 15 is 0 Å². The topological polar surface area (TPSA) is 44.1 Å². The van der Waals surface area contributed by atoms with Gasteiger partial charge in [-0.05, 0) is 36.8 Å². The minimum atomic E-state index is -2.78. The predicted molar refractivity (Wildman–Crippen MR) is 90.6 cm³/mol. The highest BCUT2D eigenvalue weighted by atomic mass is 35.5. The second kappa shape index (κ2) is 7.19. The van der Waals surface area contributed by atoms with Crippen LogP contribution in [0.4, 0.5) is 8.78 Å². The third-order valence-corrected chi connectivity index (χ3v) is 4.00. The molecule has 0 bridgehead atoms. The molecular formula is C18H15ClF2N2O2. The summed E-state index contributed by atoms with van der Waals surface area (Å²) in [5, 5.41) is 0.566. The SMILES string of the molecule is CC(OC(=O)Cc1ccc(Cl)cc1)c1nc2ccccc2n1C(F)F. The zero-order chi connectivity index (χ0) is 18.0. The molecule has 0 aliphatic heterocycles. The highest BCUT2D eigenvalue weighted by Crippen LogP contribution is 2.28. The molecule has 1 atom stereocenters. The molecule has 0 N–H and O–H groups in total. The summed E-state index contributed by atoms with van der Waals surface area (Å²) in [7, 11) is 0. The van der Waals surface area contributed by atoms with E-state index in [1.54, 1.807) is 48.5 Å². The lowest BCUT2D eigenvalue weighted by molar-refractivity contribution is -0.148. The van der Waals surface area contributed by atoms with Crippen molar-refractivity contribution >= 4 is 28.6 Å². The lowest BCUT2D eigenvalue weighted by atomic mass is 10.1. The molecular weight excluding hydrogens is 350 g/mol. The molecule has 1 unspecified atom stereocenters. The van der Waals surface area contributed by atoms with E-state index in [-0.39, 0.29) is 12.2 Å². The first-order valence-corrected chi connectivity index (χ1v) is 8.02. The van der Waals surface area contributed by atoms with Crippen LogP contribution in [0.25, 0.3) is 11.0 Å². The maximum absolute atomic E-state index is 13.4. The van der Waals surface area contributed by atoms with Crippen LogP contribution < -0.4 is 0 Å². The summed E-state index contributed by atoms with van der Waals surface area (Å²) in [6.07, 6.45) is -0.877. The van der Waals surface area contributed by atoms with E-state index in [0.29, 0.717) is 16.1 Å². The van der Waals surface area contributed by atoms with Crippen LogP contribution in [-0.4, -0.2) is 15.5 Å². The Morgan fingerprint density at radius 3 is 2.56 bits per heavy atom. The maximum Gasteiger partial charge on any atom is 0.320 e. The van der Waals surface area contributed by atoms with Crippen LogP contribution in [0.1, 0.15) is 31.0 Å². The van der Waals surface area contributed by atoms with Crippen molar-refractivity contribution in [2.24, 2.45) is 0 Å². The molecule has 0 fully saturated rings. The first kappa shape index (κ1) is 17.4. The lowest BCUT2D eigenvalue weighted by Gasteiger charge is -2.15. The van der Waals surface area contributed by atoms with Crippen LogP contribution in [-0.2, 0) is 16.0 Å². The number of hydrogen-bond donors (Lipinski definition) is 0. The second-order valence-electron chi connectivity index (χ2n) is 5.54. The highest BCUT2D eigenvalue weighted by molar-refractivity contribution is 6.30. The maximum atomic E-state index is 13.4. The number of benzene rings is 2. The van der Waals surface area contributed by atoms with E-state index in [9.17, 15) is 13.6 Å². The Kier molecular flexibility index (Phi) is 4.99. The summed E-state index contributed by atoms with van der Waals surface area (Å²) < 4.78 is 33.0. The summed E-state index contributed by atoms with van der Waals surface area (Å²) in [5.74, 6) is -0.511. The number of carbonyl (C=O) groups is 1. The summed E-state index contributed by atoms with van der Waals surface area (Å²) in [4.78, 5) is 16.3. The van der Waals surface area contributed by atoms with Gasteiger partial charge in [0.25, 0.3) is 0 Å². The molecule has 4 nitrogen and oxygen atoms in total. The standard InChI is InChI=1S/C18H15ClF2N2O2/c1-11(25-16(24)10-12-6-8-13(19)9-7-12)17-22-14-4-2-3-5-15(14)23(17)18(20)21/h2-9,11,18H,10H2,1H3. The van der Waals surface area contributed by atoms with Crippen LogP contribution >= 0.6 is 11.6 Å². The lowest BCUT2D eigenvalue weighted by Crippen LogP contribution is -2.15. The van der Waals surface area contributed by atoms with Crippen LogP contribution in [0, 0.1) is 0 Å². The van der Waals surface area contributed by atoms with E-state index < -0.39 is 18.6 Å². The van der Waals surface area contributed by atoms with Crippen molar-refractivity contribution in [2.45, 2.75) is 26.0 Å². The van der Waals surface area contributed by atoms with E-state index in [4.69, 9.17) is 16.3 Å². The smallest absolute Gasteiger partial charge is 0.320 e. The van der Waals surface area contributed by atoms with Crippen LogP contribution in [0.3, 0.4) is 0 Å². The monoisotopic (exact) mass is 364 g/mol. The number of rotatable bonds is 5. The fraction of sp³-hybridized carbons (Fsp3) is 0.222. The number of para-hydroxylation sites is 2. The third kappa shape index (κ3) is 3.79. The molecule has 130 valence electrons. The van der Waals surface area contributed by atoms with Gasteiger partial charge in [0, 0.05) is 5.02 Å². The quantitative estimate of drug-likeness (QED) is 0.603. The summed E-state index contributed by atoms with van der Waals surface area (Å²) in [6.45, 7) is -1.25. The summed E-state index contributed by atoms with van der Waals surface area (Å²) >= 11 is 5.80. The number of nitrogens with zero attached hydrogens (tertiary/aromatic N) is 2. The van der Waals surface area contributed by atoms with Crippen LogP contribution in [0.5, 0.6) is 0 Å². The normalized spacial score (nSPS) is 12.5. The molecule has 7 heteroatoms. The number of hydrogen-bond acceptors (Lipinski definition) is 3. The first-order valence-electron chi connectivity index (χ1n) is 7.64. The number of alkyl halides is 2. The number of esters is 1. The molecule has 0 amide bonds. The van der Waals surface area contributed by atoms with Gasteiger partial charge in [-0.15, -0.1) is 0 Å². The Morgan fingerprint density at radius 1 is 1.20 bits per heavy atom. The number of fused-ring (bicyclic) bond motifs is 1. The fourth-order valence-electron chi connectivity index (χ4n) is 2.62. The molecule has 25 heavy (non-hydrogen) atoms.